The van der Waals surface area contributed by atoms with Crippen LogP contribution in [0.25, 0.3) is 0 Å². The summed E-state index contributed by atoms with van der Waals surface area (Å²) in [5, 5.41) is 6.20. The molecule has 0 spiro atoms. The molecule has 2 heteroatoms. The van der Waals surface area contributed by atoms with E-state index in [0.717, 1.165) is 12.2 Å². The lowest BCUT2D eigenvalue weighted by Gasteiger charge is -2.08. The third kappa shape index (κ3) is 5.37. The Bertz CT molecular complexity index is 86.9. The molecular weight excluding hydrogens is 112 g/mol. The number of nitrogens with one attached hydrogen (secondary N) is 2. The smallest absolute Gasteiger partial charge is 0.0349 e. The van der Waals surface area contributed by atoms with Crippen LogP contribution in [0.4, 0.5) is 0 Å². The van der Waals surface area contributed by atoms with Crippen molar-refractivity contribution < 1.29 is 0 Å². The molecule has 9 heavy (non-hydrogen) atoms. The lowest BCUT2D eigenvalue weighted by molar-refractivity contribution is 0.610. The first-order chi connectivity index (χ1) is 4.16. The summed E-state index contributed by atoms with van der Waals surface area (Å²) in [6.45, 7) is 8.85. The van der Waals surface area contributed by atoms with E-state index in [-0.39, 0.29) is 0 Å². The van der Waals surface area contributed by atoms with Gasteiger partial charge in [0.25, 0.3) is 0 Å². The molecule has 0 aromatic carbocycles. The molecule has 0 aliphatic carbocycles. The Hall–Kier alpha value is -0.500. The Labute approximate surface area is 57.3 Å². The second-order valence-electron chi connectivity index (χ2n) is 2.39. The summed E-state index contributed by atoms with van der Waals surface area (Å²) >= 11 is 0. The predicted molar refractivity (Wildman–Crippen MR) is 41.3 cm³/mol. The second kappa shape index (κ2) is 4.39. The quantitative estimate of drug-likeness (QED) is 0.583. The first kappa shape index (κ1) is 8.50. The maximum Gasteiger partial charge on any atom is 0.0349 e. The van der Waals surface area contributed by atoms with Crippen molar-refractivity contribution in [3.05, 3.63) is 12.3 Å². The fourth-order valence-corrected chi connectivity index (χ4v) is 0.416. The molecule has 0 aliphatic heterocycles. The van der Waals surface area contributed by atoms with Crippen molar-refractivity contribution in [3.8, 4) is 0 Å². The SMILES string of the molecule is C=C(CNC(C)C)NC. The van der Waals surface area contributed by atoms with Gasteiger partial charge >= 0.3 is 0 Å². The summed E-state index contributed by atoms with van der Waals surface area (Å²) < 4.78 is 0. The molecule has 0 bridgehead atoms. The molecule has 0 amide bonds. The third-order valence-corrected chi connectivity index (χ3v) is 1.08. The summed E-state index contributed by atoms with van der Waals surface area (Å²) in [6.07, 6.45) is 0. The fourth-order valence-electron chi connectivity index (χ4n) is 0.416. The first-order valence-electron chi connectivity index (χ1n) is 3.25. The van der Waals surface area contributed by atoms with Crippen LogP contribution >= 0.6 is 0 Å². The van der Waals surface area contributed by atoms with Crippen molar-refractivity contribution in [2.24, 2.45) is 0 Å². The molecule has 0 aromatic heterocycles. The maximum atomic E-state index is 3.77. The van der Waals surface area contributed by atoms with E-state index in [1.54, 1.807) is 0 Å². The van der Waals surface area contributed by atoms with Gasteiger partial charge < -0.3 is 10.6 Å². The summed E-state index contributed by atoms with van der Waals surface area (Å²) in [5.41, 5.74) is 1.03. The average Bonchev–Trinajstić information content (AvgIpc) is 1.83. The average molecular weight is 128 g/mol. The minimum atomic E-state index is 0.537. The zero-order valence-electron chi connectivity index (χ0n) is 6.49. The zero-order chi connectivity index (χ0) is 7.28. The summed E-state index contributed by atoms with van der Waals surface area (Å²) in [5.74, 6) is 0. The van der Waals surface area contributed by atoms with Gasteiger partial charge in [-0.15, -0.1) is 0 Å². The van der Waals surface area contributed by atoms with Crippen LogP contribution in [0.15, 0.2) is 12.3 Å². The van der Waals surface area contributed by atoms with Crippen LogP contribution in [-0.4, -0.2) is 19.6 Å². The van der Waals surface area contributed by atoms with Gasteiger partial charge in [-0.3, -0.25) is 0 Å². The van der Waals surface area contributed by atoms with Crippen LogP contribution in [0.1, 0.15) is 13.8 Å². The fraction of sp³-hybridized carbons (Fsp3) is 0.714. The Kier molecular flexibility index (Phi) is 4.14. The highest BCUT2D eigenvalue weighted by molar-refractivity contribution is 4.92. The molecule has 54 valence electrons. The van der Waals surface area contributed by atoms with E-state index >= 15 is 0 Å². The van der Waals surface area contributed by atoms with Crippen LogP contribution in [0, 0.1) is 0 Å². The Morgan fingerprint density at radius 3 is 2.44 bits per heavy atom. The van der Waals surface area contributed by atoms with E-state index in [0.29, 0.717) is 6.04 Å². The molecule has 0 saturated heterocycles. The lowest BCUT2D eigenvalue weighted by Crippen LogP contribution is -2.28. The molecule has 2 nitrogen and oxygen atoms in total. The van der Waals surface area contributed by atoms with Gasteiger partial charge in [-0.1, -0.05) is 20.4 Å². The van der Waals surface area contributed by atoms with Crippen LogP contribution in [-0.2, 0) is 0 Å². The van der Waals surface area contributed by atoms with Gasteiger partial charge in [0.05, 0.1) is 0 Å². The van der Waals surface area contributed by atoms with Gasteiger partial charge in [0.2, 0.25) is 0 Å². The molecular formula is C7H16N2. The molecule has 0 heterocycles. The molecule has 0 fully saturated rings. The summed E-state index contributed by atoms with van der Waals surface area (Å²) in [7, 11) is 1.88. The zero-order valence-corrected chi connectivity index (χ0v) is 6.49. The number of hydrogen-bond donors (Lipinski definition) is 2. The van der Waals surface area contributed by atoms with Crippen molar-refractivity contribution in [3.63, 3.8) is 0 Å². The van der Waals surface area contributed by atoms with Gasteiger partial charge in [0.15, 0.2) is 0 Å². The Morgan fingerprint density at radius 1 is 1.56 bits per heavy atom. The van der Waals surface area contributed by atoms with E-state index < -0.39 is 0 Å². The minimum Gasteiger partial charge on any atom is -0.391 e. The van der Waals surface area contributed by atoms with E-state index in [2.05, 4.69) is 31.1 Å². The van der Waals surface area contributed by atoms with Crippen molar-refractivity contribution in [2.45, 2.75) is 19.9 Å². The normalized spacial score (nSPS) is 9.78. The number of rotatable bonds is 4. The van der Waals surface area contributed by atoms with Crippen LogP contribution in [0.2, 0.25) is 0 Å². The largest absolute Gasteiger partial charge is 0.391 e. The standard InChI is InChI=1S/C7H16N2/c1-6(2)9-5-7(3)8-4/h6,8-9H,3,5H2,1-2,4H3. The molecule has 2 N–H and O–H groups in total. The van der Waals surface area contributed by atoms with E-state index in [1.807, 2.05) is 7.05 Å². The topological polar surface area (TPSA) is 24.1 Å². The highest BCUT2D eigenvalue weighted by atomic mass is 14.9. The van der Waals surface area contributed by atoms with E-state index in [9.17, 15) is 0 Å². The molecule has 0 radical (unpaired) electrons. The molecule has 0 rings (SSSR count). The molecule has 0 atom stereocenters. The first-order valence-corrected chi connectivity index (χ1v) is 3.25. The highest BCUT2D eigenvalue weighted by Gasteiger charge is 1.91. The van der Waals surface area contributed by atoms with Gasteiger partial charge in [-0.05, 0) is 0 Å². The van der Waals surface area contributed by atoms with E-state index in [1.165, 1.54) is 0 Å². The van der Waals surface area contributed by atoms with Crippen LogP contribution in [0.5, 0.6) is 0 Å². The van der Waals surface area contributed by atoms with Gasteiger partial charge in [0.1, 0.15) is 0 Å². The predicted octanol–water partition coefficient (Wildman–Crippen LogP) is 0.717. The number of likely N-dealkylation sites (N-methyl/N-ethyl adjacent to an activating group) is 1. The Morgan fingerprint density at radius 2 is 2.11 bits per heavy atom. The van der Waals surface area contributed by atoms with Crippen molar-refractivity contribution >= 4 is 0 Å². The molecule has 0 saturated carbocycles. The van der Waals surface area contributed by atoms with Crippen LogP contribution in [0.3, 0.4) is 0 Å². The maximum absolute atomic E-state index is 3.77. The summed E-state index contributed by atoms with van der Waals surface area (Å²) in [4.78, 5) is 0. The summed E-state index contributed by atoms with van der Waals surface area (Å²) in [6, 6.07) is 0.537. The molecule has 0 aromatic rings. The minimum absolute atomic E-state index is 0.537. The number of hydrogen-bond acceptors (Lipinski definition) is 2. The van der Waals surface area contributed by atoms with Crippen molar-refractivity contribution in [2.75, 3.05) is 13.6 Å². The lowest BCUT2D eigenvalue weighted by atomic mass is 10.4. The monoisotopic (exact) mass is 128 g/mol. The Balaban J connectivity index is 3.17. The second-order valence-corrected chi connectivity index (χ2v) is 2.39. The van der Waals surface area contributed by atoms with Crippen molar-refractivity contribution in [1.82, 2.24) is 10.6 Å². The van der Waals surface area contributed by atoms with Gasteiger partial charge in [-0.2, -0.15) is 0 Å². The molecule has 0 aliphatic rings. The third-order valence-electron chi connectivity index (χ3n) is 1.08. The highest BCUT2D eigenvalue weighted by Crippen LogP contribution is 1.80. The van der Waals surface area contributed by atoms with Gasteiger partial charge in [0, 0.05) is 25.3 Å². The van der Waals surface area contributed by atoms with Gasteiger partial charge in [-0.25, -0.2) is 0 Å². The van der Waals surface area contributed by atoms with Crippen LogP contribution < -0.4 is 10.6 Å². The van der Waals surface area contributed by atoms with E-state index in [4.69, 9.17) is 0 Å². The van der Waals surface area contributed by atoms with Crippen molar-refractivity contribution in [1.29, 1.82) is 0 Å². The molecule has 0 unspecified atom stereocenters.